The summed E-state index contributed by atoms with van der Waals surface area (Å²) in [4.78, 5) is 4.58. The van der Waals surface area contributed by atoms with Crippen LogP contribution in [0.2, 0.25) is 0 Å². The van der Waals surface area contributed by atoms with Gasteiger partial charge in [0, 0.05) is 6.21 Å². The molecular weight excluding hydrogens is 513 g/mol. The summed E-state index contributed by atoms with van der Waals surface area (Å²) in [5.74, 6) is 0.475. The summed E-state index contributed by atoms with van der Waals surface area (Å²) < 4.78 is 36.8. The van der Waals surface area contributed by atoms with Crippen LogP contribution in [0.15, 0.2) is 70.6 Å². The summed E-state index contributed by atoms with van der Waals surface area (Å²) in [6, 6.07) is 18.0. The summed E-state index contributed by atoms with van der Waals surface area (Å²) in [6.07, 6.45) is 2.69. The third kappa shape index (κ3) is 5.40. The Balaban J connectivity index is 1.88. The van der Waals surface area contributed by atoms with Crippen LogP contribution >= 0.6 is 22.6 Å². The Labute approximate surface area is 191 Å². The summed E-state index contributed by atoms with van der Waals surface area (Å²) in [7, 11) is -2.51. The van der Waals surface area contributed by atoms with Crippen molar-refractivity contribution in [3.63, 3.8) is 0 Å². The Morgan fingerprint density at radius 2 is 1.70 bits per heavy atom. The number of nitrogens with zero attached hydrogens (tertiary/aromatic N) is 1. The highest BCUT2D eigenvalue weighted by molar-refractivity contribution is 14.1. The maximum atomic E-state index is 12.7. The predicted molar refractivity (Wildman–Crippen MR) is 128 cm³/mol. The summed E-state index contributed by atoms with van der Waals surface area (Å²) in [5.41, 5.74) is 3.83. The van der Waals surface area contributed by atoms with Crippen molar-refractivity contribution >= 4 is 44.6 Å². The average Bonchev–Trinajstić information content (AvgIpc) is 2.74. The van der Waals surface area contributed by atoms with E-state index in [0.717, 1.165) is 23.2 Å². The topological polar surface area (TPSA) is 65.0 Å². The van der Waals surface area contributed by atoms with Crippen molar-refractivity contribution in [2.75, 3.05) is 7.11 Å². The van der Waals surface area contributed by atoms with Gasteiger partial charge in [-0.3, -0.25) is 4.99 Å². The van der Waals surface area contributed by atoms with Gasteiger partial charge in [-0.25, -0.2) is 0 Å². The van der Waals surface area contributed by atoms with E-state index < -0.39 is 10.1 Å². The molecule has 0 spiro atoms. The van der Waals surface area contributed by atoms with E-state index >= 15 is 0 Å². The molecule has 0 radical (unpaired) electrons. The first-order valence-electron chi connectivity index (χ1n) is 9.34. The molecule has 3 aromatic rings. The minimum absolute atomic E-state index is 0.0899. The van der Waals surface area contributed by atoms with Gasteiger partial charge in [0.15, 0.2) is 11.5 Å². The van der Waals surface area contributed by atoms with Crippen LogP contribution in [-0.2, 0) is 16.5 Å². The van der Waals surface area contributed by atoms with Crippen molar-refractivity contribution in [3.8, 4) is 11.5 Å². The van der Waals surface area contributed by atoms with Crippen LogP contribution in [0.25, 0.3) is 0 Å². The molecule has 0 saturated heterocycles. The van der Waals surface area contributed by atoms with Crippen molar-refractivity contribution in [1.82, 2.24) is 0 Å². The Morgan fingerprint density at radius 3 is 2.30 bits per heavy atom. The lowest BCUT2D eigenvalue weighted by molar-refractivity contribution is 0.389. The highest BCUT2D eigenvalue weighted by atomic mass is 127. The Hall–Kier alpha value is -2.39. The number of hydrogen-bond donors (Lipinski definition) is 0. The smallest absolute Gasteiger partial charge is 0.339 e. The third-order valence-corrected chi connectivity index (χ3v) is 6.50. The molecule has 7 heteroatoms. The van der Waals surface area contributed by atoms with E-state index in [-0.39, 0.29) is 10.6 Å². The zero-order chi connectivity index (χ0) is 21.7. The number of aliphatic imine (C=N–C) groups is 1. The first-order chi connectivity index (χ1) is 14.3. The highest BCUT2D eigenvalue weighted by Crippen LogP contribution is 2.35. The van der Waals surface area contributed by atoms with Gasteiger partial charge >= 0.3 is 10.1 Å². The number of ether oxygens (including phenoxy) is 1. The SMILES string of the molecule is CCc1ccc(N=Cc2cc(I)c(OS(=O)(=O)c3ccc(C)cc3)c(OC)c2)cc1. The van der Waals surface area contributed by atoms with Crippen molar-refractivity contribution in [3.05, 3.63) is 80.9 Å². The minimum Gasteiger partial charge on any atom is -0.493 e. The molecule has 5 nitrogen and oxygen atoms in total. The Kier molecular flexibility index (Phi) is 7.14. The molecule has 0 saturated carbocycles. The zero-order valence-corrected chi connectivity index (χ0v) is 19.9. The van der Waals surface area contributed by atoms with Crippen LogP contribution in [0.4, 0.5) is 5.69 Å². The molecular formula is C23H22INO4S. The number of halogens is 1. The Morgan fingerprint density at radius 1 is 1.03 bits per heavy atom. The summed E-state index contributed by atoms with van der Waals surface area (Å²) >= 11 is 2.03. The molecule has 0 heterocycles. The fourth-order valence-corrected chi connectivity index (χ4v) is 4.57. The zero-order valence-electron chi connectivity index (χ0n) is 16.9. The number of benzene rings is 3. The molecule has 0 atom stereocenters. The molecule has 0 aliphatic rings. The van der Waals surface area contributed by atoms with Crippen molar-refractivity contribution in [2.24, 2.45) is 4.99 Å². The third-order valence-electron chi connectivity index (χ3n) is 4.46. The predicted octanol–water partition coefficient (Wildman–Crippen LogP) is 5.69. The van der Waals surface area contributed by atoms with Gasteiger partial charge in [0.05, 0.1) is 16.4 Å². The monoisotopic (exact) mass is 535 g/mol. The molecule has 0 aliphatic heterocycles. The Bertz CT molecular complexity index is 1160. The average molecular weight is 535 g/mol. The van der Waals surface area contributed by atoms with Gasteiger partial charge in [-0.15, -0.1) is 0 Å². The molecule has 0 aromatic heterocycles. The standard InChI is InChI=1S/C23H22INO4S/c1-4-17-7-9-19(10-8-17)25-15-18-13-21(24)23(22(14-18)28-3)29-30(26,27)20-11-5-16(2)6-12-20/h5-15H,4H2,1-3H3. The van der Waals surface area contributed by atoms with Gasteiger partial charge in [0.25, 0.3) is 0 Å². The fourth-order valence-electron chi connectivity index (χ4n) is 2.72. The second-order valence-electron chi connectivity index (χ2n) is 6.66. The van der Waals surface area contributed by atoms with E-state index in [1.807, 2.05) is 53.8 Å². The van der Waals surface area contributed by atoms with Gasteiger partial charge in [-0.05, 0) is 83.5 Å². The fraction of sp³-hybridized carbons (Fsp3) is 0.174. The van der Waals surface area contributed by atoms with Crippen molar-refractivity contribution < 1.29 is 17.3 Å². The van der Waals surface area contributed by atoms with Crippen molar-refractivity contribution in [1.29, 1.82) is 0 Å². The van der Waals surface area contributed by atoms with Crippen LogP contribution in [0, 0.1) is 10.5 Å². The van der Waals surface area contributed by atoms with Gasteiger partial charge in [-0.1, -0.05) is 36.8 Å². The molecule has 156 valence electrons. The molecule has 30 heavy (non-hydrogen) atoms. The lowest BCUT2D eigenvalue weighted by Crippen LogP contribution is -2.11. The molecule has 0 N–H and O–H groups in total. The van der Waals surface area contributed by atoms with Crippen LogP contribution in [-0.4, -0.2) is 21.7 Å². The normalized spacial score (nSPS) is 11.6. The van der Waals surface area contributed by atoms with E-state index in [2.05, 4.69) is 11.9 Å². The summed E-state index contributed by atoms with van der Waals surface area (Å²) in [5, 5.41) is 0. The van der Waals surface area contributed by atoms with Crippen LogP contribution < -0.4 is 8.92 Å². The first kappa shape index (κ1) is 22.3. The van der Waals surface area contributed by atoms with Crippen LogP contribution in [0.5, 0.6) is 11.5 Å². The highest BCUT2D eigenvalue weighted by Gasteiger charge is 2.21. The van der Waals surface area contributed by atoms with Crippen LogP contribution in [0.3, 0.4) is 0 Å². The number of rotatable bonds is 7. The second-order valence-corrected chi connectivity index (χ2v) is 9.37. The van der Waals surface area contributed by atoms with E-state index in [4.69, 9.17) is 8.92 Å². The lowest BCUT2D eigenvalue weighted by Gasteiger charge is -2.13. The van der Waals surface area contributed by atoms with Crippen LogP contribution in [0.1, 0.15) is 23.6 Å². The molecule has 3 aromatic carbocycles. The number of methoxy groups -OCH3 is 1. The van der Waals surface area contributed by atoms with Gasteiger partial charge in [-0.2, -0.15) is 8.42 Å². The lowest BCUT2D eigenvalue weighted by atomic mass is 10.1. The number of aryl methyl sites for hydroxylation is 2. The van der Waals surface area contributed by atoms with E-state index in [0.29, 0.717) is 9.32 Å². The maximum Gasteiger partial charge on any atom is 0.339 e. The first-order valence-corrected chi connectivity index (χ1v) is 11.8. The molecule has 0 aliphatic carbocycles. The largest absolute Gasteiger partial charge is 0.493 e. The van der Waals surface area contributed by atoms with E-state index in [1.54, 1.807) is 30.5 Å². The maximum absolute atomic E-state index is 12.7. The van der Waals surface area contributed by atoms with E-state index in [9.17, 15) is 8.42 Å². The quantitative estimate of drug-likeness (QED) is 0.222. The van der Waals surface area contributed by atoms with E-state index in [1.165, 1.54) is 24.8 Å². The molecule has 0 amide bonds. The van der Waals surface area contributed by atoms with Gasteiger partial charge in [0.1, 0.15) is 4.90 Å². The van der Waals surface area contributed by atoms with Crippen molar-refractivity contribution in [2.45, 2.75) is 25.2 Å². The summed E-state index contributed by atoms with van der Waals surface area (Å²) in [6.45, 7) is 4.00. The minimum atomic E-state index is -3.98. The van der Waals surface area contributed by atoms with Gasteiger partial charge in [0.2, 0.25) is 0 Å². The number of hydrogen-bond acceptors (Lipinski definition) is 5. The molecule has 3 rings (SSSR count). The molecule has 0 unspecified atom stereocenters. The second kappa shape index (κ2) is 9.61. The molecule has 0 bridgehead atoms. The molecule has 0 fully saturated rings. The van der Waals surface area contributed by atoms with Gasteiger partial charge < -0.3 is 8.92 Å².